The molecule has 6 nitrogen and oxygen atoms in total. The zero-order valence-electron chi connectivity index (χ0n) is 14.3. The Hall–Kier alpha value is -1.33. The molecule has 0 spiro atoms. The molecule has 1 saturated heterocycles. The lowest BCUT2D eigenvalue weighted by molar-refractivity contribution is 0.273. The highest BCUT2D eigenvalue weighted by molar-refractivity contribution is 7.91. The van der Waals surface area contributed by atoms with E-state index in [1.165, 1.54) is 39.0 Å². The Morgan fingerprint density at radius 3 is 1.96 bits per heavy atom. The van der Waals surface area contributed by atoms with E-state index in [-0.39, 0.29) is 35.3 Å². The Bertz CT molecular complexity index is 1020. The van der Waals surface area contributed by atoms with Crippen molar-refractivity contribution in [3.8, 4) is 0 Å². The second-order valence-electron chi connectivity index (χ2n) is 6.08. The van der Waals surface area contributed by atoms with Crippen molar-refractivity contribution in [1.82, 2.24) is 8.61 Å². The standard InChI is InChI=1S/C16H19FN2O4S3/c1-12-11-14(17)4-5-15(12)25(20,21)18-7-9-19(10-8-18)26(22,23)16-6-3-13(2)24-16/h3-6,11H,7-10H2,1-2H3. The number of halogens is 1. The van der Waals surface area contributed by atoms with E-state index in [0.29, 0.717) is 5.56 Å². The van der Waals surface area contributed by atoms with E-state index in [1.807, 2.05) is 6.92 Å². The van der Waals surface area contributed by atoms with Gasteiger partial charge in [-0.3, -0.25) is 0 Å². The van der Waals surface area contributed by atoms with Crippen LogP contribution in [0.4, 0.5) is 4.39 Å². The van der Waals surface area contributed by atoms with Gasteiger partial charge in [0.05, 0.1) is 4.90 Å². The van der Waals surface area contributed by atoms with Crippen molar-refractivity contribution in [2.24, 2.45) is 0 Å². The Balaban J connectivity index is 1.78. The number of piperazine rings is 1. The molecule has 0 saturated carbocycles. The van der Waals surface area contributed by atoms with E-state index in [0.717, 1.165) is 10.9 Å². The summed E-state index contributed by atoms with van der Waals surface area (Å²) in [6.45, 7) is 3.65. The third-order valence-electron chi connectivity index (χ3n) is 4.26. The highest BCUT2D eigenvalue weighted by atomic mass is 32.2. The third-order valence-corrected chi connectivity index (χ3v) is 9.69. The van der Waals surface area contributed by atoms with E-state index >= 15 is 0 Å². The molecule has 1 aromatic carbocycles. The molecule has 3 rings (SSSR count). The predicted molar refractivity (Wildman–Crippen MR) is 97.7 cm³/mol. The summed E-state index contributed by atoms with van der Waals surface area (Å²) < 4.78 is 66.9. The van der Waals surface area contributed by atoms with Crippen molar-refractivity contribution in [2.45, 2.75) is 23.0 Å². The van der Waals surface area contributed by atoms with Gasteiger partial charge in [0.1, 0.15) is 10.0 Å². The quantitative estimate of drug-likeness (QED) is 0.763. The van der Waals surface area contributed by atoms with Gasteiger partial charge < -0.3 is 0 Å². The summed E-state index contributed by atoms with van der Waals surface area (Å²) in [5.41, 5.74) is 0.328. The van der Waals surface area contributed by atoms with E-state index in [1.54, 1.807) is 12.1 Å². The average molecular weight is 419 g/mol. The largest absolute Gasteiger partial charge is 0.252 e. The van der Waals surface area contributed by atoms with Gasteiger partial charge in [-0.05, 0) is 49.7 Å². The minimum Gasteiger partial charge on any atom is -0.207 e. The van der Waals surface area contributed by atoms with Crippen LogP contribution in [-0.4, -0.2) is 51.6 Å². The maximum atomic E-state index is 13.2. The minimum atomic E-state index is -3.79. The van der Waals surface area contributed by atoms with E-state index in [9.17, 15) is 21.2 Å². The number of hydrogen-bond donors (Lipinski definition) is 0. The highest BCUT2D eigenvalue weighted by Gasteiger charge is 2.34. The summed E-state index contributed by atoms with van der Waals surface area (Å²) in [5, 5.41) is 0. The Kier molecular flexibility index (Phi) is 5.24. The van der Waals surface area contributed by atoms with Gasteiger partial charge in [0.25, 0.3) is 10.0 Å². The van der Waals surface area contributed by atoms with Gasteiger partial charge in [-0.25, -0.2) is 21.2 Å². The molecule has 0 bridgehead atoms. The summed E-state index contributed by atoms with van der Waals surface area (Å²) in [6, 6.07) is 6.85. The predicted octanol–water partition coefficient (Wildman–Crippen LogP) is 2.20. The van der Waals surface area contributed by atoms with Crippen LogP contribution < -0.4 is 0 Å². The first-order valence-corrected chi connectivity index (χ1v) is 11.6. The molecular formula is C16H19FN2O4S3. The zero-order valence-corrected chi connectivity index (χ0v) is 16.8. The van der Waals surface area contributed by atoms with Crippen LogP contribution in [0, 0.1) is 19.7 Å². The van der Waals surface area contributed by atoms with Crippen LogP contribution >= 0.6 is 11.3 Å². The summed E-state index contributed by atoms with van der Waals surface area (Å²) in [7, 11) is -7.40. The van der Waals surface area contributed by atoms with Gasteiger partial charge in [-0.2, -0.15) is 8.61 Å². The van der Waals surface area contributed by atoms with Gasteiger partial charge in [0, 0.05) is 31.1 Å². The fourth-order valence-electron chi connectivity index (χ4n) is 2.87. The maximum Gasteiger partial charge on any atom is 0.252 e. The highest BCUT2D eigenvalue weighted by Crippen LogP contribution is 2.27. The van der Waals surface area contributed by atoms with E-state index in [4.69, 9.17) is 0 Å². The molecule has 0 unspecified atom stereocenters. The second-order valence-corrected chi connectivity index (χ2v) is 11.4. The van der Waals surface area contributed by atoms with Gasteiger partial charge in [-0.1, -0.05) is 0 Å². The Morgan fingerprint density at radius 2 is 1.46 bits per heavy atom. The number of aryl methyl sites for hydroxylation is 2. The minimum absolute atomic E-state index is 0.0455. The molecule has 1 aliphatic heterocycles. The molecule has 0 N–H and O–H groups in total. The number of benzene rings is 1. The van der Waals surface area contributed by atoms with Crippen LogP contribution in [0.5, 0.6) is 0 Å². The molecular weight excluding hydrogens is 399 g/mol. The van der Waals surface area contributed by atoms with Crippen molar-refractivity contribution in [3.63, 3.8) is 0 Å². The lowest BCUT2D eigenvalue weighted by Gasteiger charge is -2.33. The van der Waals surface area contributed by atoms with E-state index in [2.05, 4.69) is 0 Å². The van der Waals surface area contributed by atoms with E-state index < -0.39 is 25.9 Å². The van der Waals surface area contributed by atoms with Gasteiger partial charge in [-0.15, -0.1) is 11.3 Å². The van der Waals surface area contributed by atoms with Crippen LogP contribution in [0.3, 0.4) is 0 Å². The second kappa shape index (κ2) is 7.01. The zero-order chi connectivity index (χ0) is 19.1. The number of nitrogens with zero attached hydrogens (tertiary/aromatic N) is 2. The summed E-state index contributed by atoms with van der Waals surface area (Å²) >= 11 is 1.20. The van der Waals surface area contributed by atoms with Crippen molar-refractivity contribution < 1.29 is 21.2 Å². The molecule has 0 radical (unpaired) electrons. The maximum absolute atomic E-state index is 13.2. The number of thiophene rings is 1. The molecule has 2 aromatic rings. The molecule has 0 amide bonds. The normalized spacial score (nSPS) is 17.5. The molecule has 142 valence electrons. The first kappa shape index (κ1) is 19.4. The Labute approximate surface area is 157 Å². The molecule has 1 fully saturated rings. The van der Waals surface area contributed by atoms with Gasteiger partial charge >= 0.3 is 0 Å². The first-order valence-electron chi connectivity index (χ1n) is 7.95. The molecule has 1 aromatic heterocycles. The fraction of sp³-hybridized carbons (Fsp3) is 0.375. The molecule has 0 aliphatic carbocycles. The fourth-order valence-corrected chi connectivity index (χ4v) is 7.36. The summed E-state index contributed by atoms with van der Waals surface area (Å²) in [5.74, 6) is -0.497. The number of rotatable bonds is 4. The van der Waals surface area contributed by atoms with Crippen molar-refractivity contribution >= 4 is 31.4 Å². The van der Waals surface area contributed by atoms with Crippen LogP contribution in [0.2, 0.25) is 0 Å². The number of sulfonamides is 2. The summed E-state index contributed by atoms with van der Waals surface area (Å²) in [4.78, 5) is 0.945. The lowest BCUT2D eigenvalue weighted by atomic mass is 10.2. The van der Waals surface area contributed by atoms with Crippen molar-refractivity contribution in [3.05, 3.63) is 46.6 Å². The topological polar surface area (TPSA) is 74.8 Å². The molecule has 0 atom stereocenters. The smallest absolute Gasteiger partial charge is 0.207 e. The summed E-state index contributed by atoms with van der Waals surface area (Å²) in [6.07, 6.45) is 0. The average Bonchev–Trinajstić information content (AvgIpc) is 3.02. The van der Waals surface area contributed by atoms with Gasteiger partial charge in [0.15, 0.2) is 0 Å². The SMILES string of the molecule is Cc1ccc(S(=O)(=O)N2CCN(S(=O)(=O)c3ccc(F)cc3C)CC2)s1. The third kappa shape index (κ3) is 3.56. The van der Waals surface area contributed by atoms with Crippen LogP contribution in [0.25, 0.3) is 0 Å². The lowest BCUT2D eigenvalue weighted by Crippen LogP contribution is -2.50. The van der Waals surface area contributed by atoms with Crippen LogP contribution in [0.1, 0.15) is 10.4 Å². The molecule has 26 heavy (non-hydrogen) atoms. The molecule has 10 heteroatoms. The van der Waals surface area contributed by atoms with Crippen molar-refractivity contribution in [1.29, 1.82) is 0 Å². The van der Waals surface area contributed by atoms with Crippen LogP contribution in [0.15, 0.2) is 39.4 Å². The van der Waals surface area contributed by atoms with Crippen molar-refractivity contribution in [2.75, 3.05) is 26.2 Å². The van der Waals surface area contributed by atoms with Crippen LogP contribution in [-0.2, 0) is 20.0 Å². The first-order chi connectivity index (χ1) is 12.1. The van der Waals surface area contributed by atoms with Gasteiger partial charge in [0.2, 0.25) is 10.0 Å². The molecule has 2 heterocycles. The molecule has 1 aliphatic rings. The number of hydrogen-bond acceptors (Lipinski definition) is 5. The monoisotopic (exact) mass is 418 g/mol. The Morgan fingerprint density at radius 1 is 0.885 bits per heavy atom.